The quantitative estimate of drug-likeness (QED) is 0.428. The molecule has 0 spiro atoms. The van der Waals surface area contributed by atoms with Crippen LogP contribution in [0.25, 0.3) is 5.65 Å². The van der Waals surface area contributed by atoms with Gasteiger partial charge in [-0.1, -0.05) is 0 Å². The van der Waals surface area contributed by atoms with Crippen LogP contribution in [0.2, 0.25) is 0 Å². The number of ketones is 1. The highest BCUT2D eigenvalue weighted by molar-refractivity contribution is 6.08. The number of aliphatic imine (C=N–C) groups is 1. The van der Waals surface area contributed by atoms with Crippen LogP contribution in [0, 0.1) is 12.7 Å². The Balaban J connectivity index is 1.35. The Bertz CT molecular complexity index is 1510. The van der Waals surface area contributed by atoms with E-state index in [2.05, 4.69) is 20.3 Å². The maximum Gasteiger partial charge on any atom is 0.248 e. The third-order valence-electron chi connectivity index (χ3n) is 7.82. The molecule has 0 saturated carbocycles. The fraction of sp³-hybridized carbons (Fsp3) is 0.440. The standard InChI is InChI=1S/C25H28FN9O3/c1-12-21(26)23(32-31-12)17-5-6-33(11-28-17)18-9-29-35-24(27)20(13(2)37)22(30-25(18)35)14-7-15-3-4-16(8-14)34(15)19(38)10-36/h5-6,9,14-16,36H,3-4,7-8,10-11,27H2,1-2H3,(H,31,32)/t14?,15-,16+. The Kier molecular flexibility index (Phi) is 5.74. The van der Waals surface area contributed by atoms with Gasteiger partial charge in [-0.25, -0.2) is 9.37 Å². The Morgan fingerprint density at radius 1 is 1.26 bits per heavy atom. The average Bonchev–Trinajstić information content (AvgIpc) is 3.57. The number of halogens is 1. The number of nitrogens with one attached hydrogen (secondary N) is 1. The first-order chi connectivity index (χ1) is 18.3. The summed E-state index contributed by atoms with van der Waals surface area (Å²) in [6.45, 7) is 2.75. The van der Waals surface area contributed by atoms with E-state index >= 15 is 0 Å². The predicted octanol–water partition coefficient (Wildman–Crippen LogP) is 1.69. The van der Waals surface area contributed by atoms with E-state index in [4.69, 9.17) is 10.7 Å². The zero-order chi connectivity index (χ0) is 26.7. The van der Waals surface area contributed by atoms with Gasteiger partial charge in [0.1, 0.15) is 30.5 Å². The number of allylic oxidation sites excluding steroid dienone is 1. The molecular formula is C25H28FN9O3. The molecule has 1 amide bonds. The number of piperidine rings is 1. The van der Waals surface area contributed by atoms with E-state index in [-0.39, 0.29) is 47.9 Å². The first-order valence-electron chi connectivity index (χ1n) is 12.6. The van der Waals surface area contributed by atoms with Gasteiger partial charge < -0.3 is 20.6 Å². The molecule has 2 bridgehead atoms. The number of nitrogens with zero attached hydrogens (tertiary/aromatic N) is 7. The number of nitrogens with two attached hydrogens (primary N) is 1. The number of hydrogen-bond donors (Lipinski definition) is 3. The number of aryl methyl sites for hydroxylation is 1. The second-order valence-electron chi connectivity index (χ2n) is 10.1. The number of amides is 1. The Hall–Kier alpha value is -4.13. The smallest absolute Gasteiger partial charge is 0.248 e. The van der Waals surface area contributed by atoms with E-state index < -0.39 is 12.4 Å². The van der Waals surface area contributed by atoms with Gasteiger partial charge in [0.25, 0.3) is 0 Å². The third-order valence-corrected chi connectivity index (χ3v) is 7.82. The van der Waals surface area contributed by atoms with Crippen molar-refractivity contribution in [2.45, 2.75) is 57.5 Å². The van der Waals surface area contributed by atoms with Crippen molar-refractivity contribution in [3.8, 4) is 0 Å². The molecule has 3 aliphatic heterocycles. The summed E-state index contributed by atoms with van der Waals surface area (Å²) >= 11 is 0. The van der Waals surface area contributed by atoms with E-state index in [1.807, 2.05) is 4.90 Å². The van der Waals surface area contributed by atoms with E-state index in [1.54, 1.807) is 30.3 Å². The molecule has 1 unspecified atom stereocenters. The molecule has 0 aliphatic carbocycles. The molecule has 3 aromatic rings. The number of anilines is 2. The minimum absolute atomic E-state index is 0.00861. The van der Waals surface area contributed by atoms with Crippen LogP contribution < -0.4 is 10.6 Å². The van der Waals surface area contributed by atoms with Crippen molar-refractivity contribution >= 4 is 34.6 Å². The zero-order valence-corrected chi connectivity index (χ0v) is 21.1. The lowest BCUT2D eigenvalue weighted by atomic mass is 9.85. The lowest BCUT2D eigenvalue weighted by Gasteiger charge is -2.39. The topological polar surface area (TPSA) is 158 Å². The fourth-order valence-corrected chi connectivity index (χ4v) is 6.08. The molecule has 3 aromatic heterocycles. The van der Waals surface area contributed by atoms with Crippen molar-refractivity contribution in [2.24, 2.45) is 4.99 Å². The zero-order valence-electron chi connectivity index (χ0n) is 21.1. The van der Waals surface area contributed by atoms with Gasteiger partial charge in [0, 0.05) is 24.2 Å². The van der Waals surface area contributed by atoms with E-state index in [9.17, 15) is 19.1 Å². The van der Waals surface area contributed by atoms with Gasteiger partial charge >= 0.3 is 0 Å². The summed E-state index contributed by atoms with van der Waals surface area (Å²) in [5.41, 5.74) is 9.49. The van der Waals surface area contributed by atoms with Gasteiger partial charge in [-0.15, -0.1) is 0 Å². The van der Waals surface area contributed by atoms with Crippen LogP contribution in [0.4, 0.5) is 15.9 Å². The number of H-pyrrole nitrogens is 1. The lowest BCUT2D eigenvalue weighted by molar-refractivity contribution is -0.138. The normalized spacial score (nSPS) is 22.8. The van der Waals surface area contributed by atoms with E-state index in [0.29, 0.717) is 46.8 Å². The minimum Gasteiger partial charge on any atom is -0.387 e. The van der Waals surface area contributed by atoms with Crippen LogP contribution in [0.1, 0.15) is 66.0 Å². The SMILES string of the molecule is CC(=O)c1c(C2C[C@H]3CC[C@@H](C2)N3C(=O)CO)nc2c(N3C=CC(c4n[nH]c(C)c4F)=NC3)cnn2c1N. The van der Waals surface area contributed by atoms with Crippen molar-refractivity contribution in [3.05, 3.63) is 46.9 Å². The first kappa shape index (κ1) is 24.2. The molecule has 6 rings (SSSR count). The Morgan fingerprint density at radius 3 is 2.58 bits per heavy atom. The van der Waals surface area contributed by atoms with Gasteiger partial charge in [-0.05, 0) is 45.6 Å². The highest BCUT2D eigenvalue weighted by atomic mass is 19.1. The molecule has 2 fully saturated rings. The molecule has 2 saturated heterocycles. The van der Waals surface area contributed by atoms with Crippen LogP contribution in [-0.4, -0.2) is 77.6 Å². The van der Waals surface area contributed by atoms with Crippen molar-refractivity contribution in [3.63, 3.8) is 0 Å². The van der Waals surface area contributed by atoms with Crippen molar-refractivity contribution in [1.29, 1.82) is 0 Å². The summed E-state index contributed by atoms with van der Waals surface area (Å²) in [5.74, 6) is -0.755. The number of carbonyl (C=O) groups is 2. The number of hydrogen-bond acceptors (Lipinski definition) is 9. The third kappa shape index (κ3) is 3.68. The molecular weight excluding hydrogens is 493 g/mol. The molecule has 0 aromatic carbocycles. The molecule has 12 nitrogen and oxygen atoms in total. The molecule has 6 heterocycles. The van der Waals surface area contributed by atoms with Crippen molar-refractivity contribution < 1.29 is 19.1 Å². The van der Waals surface area contributed by atoms with Crippen LogP contribution >= 0.6 is 0 Å². The van der Waals surface area contributed by atoms with Gasteiger partial charge in [0.15, 0.2) is 17.2 Å². The summed E-state index contributed by atoms with van der Waals surface area (Å²) in [4.78, 5) is 38.1. The monoisotopic (exact) mass is 521 g/mol. The van der Waals surface area contributed by atoms with Crippen molar-refractivity contribution in [1.82, 2.24) is 29.7 Å². The number of aromatic amines is 1. The van der Waals surface area contributed by atoms with Gasteiger partial charge in [0.05, 0.1) is 28.9 Å². The number of carbonyl (C=O) groups excluding carboxylic acids is 2. The summed E-state index contributed by atoms with van der Waals surface area (Å²) in [6, 6.07) is -0.0172. The summed E-state index contributed by atoms with van der Waals surface area (Å²) < 4.78 is 15.8. The molecule has 198 valence electrons. The largest absolute Gasteiger partial charge is 0.387 e. The van der Waals surface area contributed by atoms with Gasteiger partial charge in [-0.2, -0.15) is 14.7 Å². The molecule has 3 aliphatic rings. The highest BCUT2D eigenvalue weighted by Gasteiger charge is 2.44. The maximum absolute atomic E-state index is 14.3. The fourth-order valence-electron chi connectivity index (χ4n) is 6.08. The summed E-state index contributed by atoms with van der Waals surface area (Å²) in [7, 11) is 0. The lowest BCUT2D eigenvalue weighted by Crippen LogP contribution is -2.47. The minimum atomic E-state index is -0.507. The highest BCUT2D eigenvalue weighted by Crippen LogP contribution is 2.44. The van der Waals surface area contributed by atoms with Crippen LogP contribution in [0.3, 0.4) is 0 Å². The average molecular weight is 522 g/mol. The molecule has 38 heavy (non-hydrogen) atoms. The second kappa shape index (κ2) is 9.01. The number of fused-ring (bicyclic) bond motifs is 3. The number of nitrogen functional groups attached to an aromatic ring is 1. The van der Waals surface area contributed by atoms with E-state index in [1.165, 1.54) is 11.4 Å². The number of aliphatic hydroxyl groups excluding tert-OH is 1. The number of aromatic nitrogens is 5. The second-order valence-corrected chi connectivity index (χ2v) is 10.1. The molecule has 13 heteroatoms. The predicted molar refractivity (Wildman–Crippen MR) is 136 cm³/mol. The summed E-state index contributed by atoms with van der Waals surface area (Å²) in [5, 5.41) is 20.4. The van der Waals surface area contributed by atoms with E-state index in [0.717, 1.165) is 12.8 Å². The maximum atomic E-state index is 14.3. The number of Topliss-reactive ketones (excluding diaryl/α,β-unsaturated/α-hetero) is 1. The van der Waals surface area contributed by atoms with Crippen LogP contribution in [0.15, 0.2) is 23.5 Å². The van der Waals surface area contributed by atoms with Crippen LogP contribution in [-0.2, 0) is 4.79 Å². The molecule has 0 radical (unpaired) electrons. The number of rotatable bonds is 5. The van der Waals surface area contributed by atoms with Crippen molar-refractivity contribution in [2.75, 3.05) is 23.9 Å². The van der Waals surface area contributed by atoms with Gasteiger partial charge in [0.2, 0.25) is 5.91 Å². The molecule has 3 atom stereocenters. The first-order valence-corrected chi connectivity index (χ1v) is 12.6. The molecule has 4 N–H and O–H groups in total. The van der Waals surface area contributed by atoms with Gasteiger partial charge in [-0.3, -0.25) is 19.7 Å². The number of aliphatic hydroxyl groups is 1. The summed E-state index contributed by atoms with van der Waals surface area (Å²) in [6.07, 6.45) is 8.04. The Labute approximate surface area is 217 Å². The Morgan fingerprint density at radius 2 is 2.00 bits per heavy atom. The van der Waals surface area contributed by atoms with Crippen LogP contribution in [0.5, 0.6) is 0 Å².